The second-order valence-corrected chi connectivity index (χ2v) is 3.63. The summed E-state index contributed by atoms with van der Waals surface area (Å²) >= 11 is 0. The monoisotopic (exact) mass is 205 g/mol. The first-order valence-electron chi connectivity index (χ1n) is 4.95. The average molecular weight is 205 g/mol. The molecule has 0 fully saturated rings. The van der Waals surface area contributed by atoms with E-state index in [9.17, 15) is 0 Å². The molecule has 0 amide bonds. The van der Waals surface area contributed by atoms with E-state index in [1.807, 2.05) is 36.9 Å². The van der Waals surface area contributed by atoms with Crippen LogP contribution in [0, 0.1) is 0 Å². The van der Waals surface area contributed by atoms with Gasteiger partial charge >= 0.3 is 0 Å². The molecule has 80 valence electrons. The van der Waals surface area contributed by atoms with Crippen LogP contribution in [-0.2, 0) is 7.05 Å². The van der Waals surface area contributed by atoms with Crippen LogP contribution < -0.4 is 5.32 Å². The van der Waals surface area contributed by atoms with Crippen molar-refractivity contribution < 1.29 is 5.11 Å². The molecule has 1 unspecified atom stereocenters. The van der Waals surface area contributed by atoms with Crippen LogP contribution in [0.5, 0.6) is 0 Å². The SMILES string of the molecule is CNC(CO)c1ccc2c(c1)ncn2C. The third kappa shape index (κ3) is 1.73. The van der Waals surface area contributed by atoms with Crippen molar-refractivity contribution in [2.45, 2.75) is 6.04 Å². The zero-order valence-corrected chi connectivity index (χ0v) is 8.94. The van der Waals surface area contributed by atoms with E-state index in [1.54, 1.807) is 6.33 Å². The summed E-state index contributed by atoms with van der Waals surface area (Å²) in [5.74, 6) is 0. The summed E-state index contributed by atoms with van der Waals surface area (Å²) in [6, 6.07) is 6.03. The van der Waals surface area contributed by atoms with Crippen molar-refractivity contribution in [1.82, 2.24) is 14.9 Å². The molecule has 0 aliphatic heterocycles. The molecule has 0 aliphatic rings. The molecule has 15 heavy (non-hydrogen) atoms. The number of benzene rings is 1. The number of nitrogens with zero attached hydrogens (tertiary/aromatic N) is 2. The Morgan fingerprint density at radius 1 is 1.53 bits per heavy atom. The number of hydrogen-bond acceptors (Lipinski definition) is 3. The Morgan fingerprint density at radius 3 is 3.00 bits per heavy atom. The van der Waals surface area contributed by atoms with E-state index in [2.05, 4.69) is 10.3 Å². The first-order valence-corrected chi connectivity index (χ1v) is 4.95. The molecule has 0 spiro atoms. The van der Waals surface area contributed by atoms with Crippen LogP contribution in [0.2, 0.25) is 0 Å². The van der Waals surface area contributed by atoms with E-state index in [0.717, 1.165) is 16.6 Å². The summed E-state index contributed by atoms with van der Waals surface area (Å²) in [7, 11) is 3.81. The lowest BCUT2D eigenvalue weighted by atomic mass is 10.1. The largest absolute Gasteiger partial charge is 0.394 e. The lowest BCUT2D eigenvalue weighted by Crippen LogP contribution is -2.19. The molecule has 4 nitrogen and oxygen atoms in total. The minimum absolute atomic E-state index is 0.0172. The van der Waals surface area contributed by atoms with Gasteiger partial charge in [-0.1, -0.05) is 6.07 Å². The highest BCUT2D eigenvalue weighted by Gasteiger charge is 2.09. The van der Waals surface area contributed by atoms with E-state index in [1.165, 1.54) is 0 Å². The fourth-order valence-electron chi connectivity index (χ4n) is 1.73. The van der Waals surface area contributed by atoms with Gasteiger partial charge in [-0.3, -0.25) is 0 Å². The number of imidazole rings is 1. The number of aliphatic hydroxyl groups excluding tert-OH is 1. The van der Waals surface area contributed by atoms with Crippen molar-refractivity contribution in [3.8, 4) is 0 Å². The summed E-state index contributed by atoms with van der Waals surface area (Å²) < 4.78 is 1.98. The summed E-state index contributed by atoms with van der Waals surface area (Å²) in [6.45, 7) is 0.0921. The Hall–Kier alpha value is -1.39. The van der Waals surface area contributed by atoms with Gasteiger partial charge in [0.05, 0.1) is 30.0 Å². The lowest BCUT2D eigenvalue weighted by Gasteiger charge is -2.13. The molecule has 1 atom stereocenters. The molecule has 2 rings (SSSR count). The van der Waals surface area contributed by atoms with Crippen molar-refractivity contribution in [3.05, 3.63) is 30.1 Å². The molecule has 0 saturated carbocycles. The molecular formula is C11H15N3O. The smallest absolute Gasteiger partial charge is 0.0955 e. The summed E-state index contributed by atoms with van der Waals surface area (Å²) in [5.41, 5.74) is 3.13. The van der Waals surface area contributed by atoms with Gasteiger partial charge in [0, 0.05) is 7.05 Å². The van der Waals surface area contributed by atoms with Gasteiger partial charge in [0.2, 0.25) is 0 Å². The topological polar surface area (TPSA) is 50.1 Å². The minimum atomic E-state index is -0.0172. The third-order valence-electron chi connectivity index (χ3n) is 2.68. The first kappa shape index (κ1) is 10.1. The first-order chi connectivity index (χ1) is 7.26. The predicted octanol–water partition coefficient (Wildman–Crippen LogP) is 0.826. The summed E-state index contributed by atoms with van der Waals surface area (Å²) in [5, 5.41) is 12.2. The zero-order chi connectivity index (χ0) is 10.8. The normalized spacial score (nSPS) is 13.3. The number of rotatable bonds is 3. The van der Waals surface area contributed by atoms with Crippen molar-refractivity contribution in [2.75, 3.05) is 13.7 Å². The summed E-state index contributed by atoms with van der Waals surface area (Å²) in [6.07, 6.45) is 1.79. The van der Waals surface area contributed by atoms with Crippen LogP contribution in [-0.4, -0.2) is 28.3 Å². The summed E-state index contributed by atoms with van der Waals surface area (Å²) in [4.78, 5) is 4.28. The fourth-order valence-corrected chi connectivity index (χ4v) is 1.73. The minimum Gasteiger partial charge on any atom is -0.394 e. The number of aliphatic hydroxyl groups is 1. The van der Waals surface area contributed by atoms with E-state index >= 15 is 0 Å². The molecule has 0 saturated heterocycles. The molecule has 2 N–H and O–H groups in total. The molecular weight excluding hydrogens is 190 g/mol. The molecule has 4 heteroatoms. The number of aromatic nitrogens is 2. The van der Waals surface area contributed by atoms with E-state index in [0.29, 0.717) is 0 Å². The molecule has 1 aromatic carbocycles. The number of likely N-dealkylation sites (N-methyl/N-ethyl adjacent to an activating group) is 1. The second kappa shape index (κ2) is 4.00. The van der Waals surface area contributed by atoms with Crippen LogP contribution in [0.15, 0.2) is 24.5 Å². The number of nitrogens with one attached hydrogen (secondary N) is 1. The van der Waals surface area contributed by atoms with Gasteiger partial charge in [-0.15, -0.1) is 0 Å². The van der Waals surface area contributed by atoms with Gasteiger partial charge in [-0.2, -0.15) is 0 Å². The molecule has 1 heterocycles. The Morgan fingerprint density at radius 2 is 2.33 bits per heavy atom. The zero-order valence-electron chi connectivity index (χ0n) is 8.94. The standard InChI is InChI=1S/C11H15N3O/c1-12-10(6-15)8-3-4-11-9(5-8)13-7-14(11)2/h3-5,7,10,12,15H,6H2,1-2H3. The Kier molecular flexibility index (Phi) is 2.70. The van der Waals surface area contributed by atoms with E-state index in [-0.39, 0.29) is 12.6 Å². The number of fused-ring (bicyclic) bond motifs is 1. The van der Waals surface area contributed by atoms with Gasteiger partial charge in [-0.05, 0) is 24.7 Å². The molecule has 0 radical (unpaired) electrons. The molecule has 2 aromatic rings. The predicted molar refractivity (Wildman–Crippen MR) is 59.6 cm³/mol. The van der Waals surface area contributed by atoms with Gasteiger partial charge in [0.15, 0.2) is 0 Å². The van der Waals surface area contributed by atoms with Crippen LogP contribution in [0.3, 0.4) is 0 Å². The number of aryl methyl sites for hydroxylation is 1. The lowest BCUT2D eigenvalue weighted by molar-refractivity contribution is 0.251. The quantitative estimate of drug-likeness (QED) is 0.780. The van der Waals surface area contributed by atoms with Crippen molar-refractivity contribution in [1.29, 1.82) is 0 Å². The highest BCUT2D eigenvalue weighted by atomic mass is 16.3. The van der Waals surface area contributed by atoms with Gasteiger partial charge in [0.1, 0.15) is 0 Å². The van der Waals surface area contributed by atoms with E-state index < -0.39 is 0 Å². The van der Waals surface area contributed by atoms with Crippen molar-refractivity contribution in [2.24, 2.45) is 7.05 Å². The molecule has 0 aliphatic carbocycles. The van der Waals surface area contributed by atoms with Crippen LogP contribution in [0.1, 0.15) is 11.6 Å². The van der Waals surface area contributed by atoms with Crippen LogP contribution >= 0.6 is 0 Å². The second-order valence-electron chi connectivity index (χ2n) is 3.63. The molecule has 0 bridgehead atoms. The van der Waals surface area contributed by atoms with Crippen LogP contribution in [0.4, 0.5) is 0 Å². The Labute approximate surface area is 88.6 Å². The van der Waals surface area contributed by atoms with E-state index in [4.69, 9.17) is 5.11 Å². The maximum absolute atomic E-state index is 9.17. The van der Waals surface area contributed by atoms with Gasteiger partial charge in [-0.25, -0.2) is 4.98 Å². The van der Waals surface area contributed by atoms with Gasteiger partial charge in [0.25, 0.3) is 0 Å². The van der Waals surface area contributed by atoms with Crippen molar-refractivity contribution >= 4 is 11.0 Å². The Bertz CT molecular complexity index is 460. The highest BCUT2D eigenvalue weighted by Crippen LogP contribution is 2.18. The molecule has 1 aromatic heterocycles. The fraction of sp³-hybridized carbons (Fsp3) is 0.364. The Balaban J connectivity index is 2.46. The highest BCUT2D eigenvalue weighted by molar-refractivity contribution is 5.76. The maximum atomic E-state index is 9.17. The maximum Gasteiger partial charge on any atom is 0.0955 e. The third-order valence-corrected chi connectivity index (χ3v) is 2.68. The average Bonchev–Trinajstić information content (AvgIpc) is 2.62. The van der Waals surface area contributed by atoms with Crippen molar-refractivity contribution in [3.63, 3.8) is 0 Å². The van der Waals surface area contributed by atoms with Crippen LogP contribution in [0.25, 0.3) is 11.0 Å². The van der Waals surface area contributed by atoms with Gasteiger partial charge < -0.3 is 15.0 Å². The number of hydrogen-bond donors (Lipinski definition) is 2.